The highest BCUT2D eigenvalue weighted by Gasteiger charge is 2.18. The van der Waals surface area contributed by atoms with Crippen molar-refractivity contribution in [2.24, 2.45) is 5.73 Å². The van der Waals surface area contributed by atoms with E-state index in [2.05, 4.69) is 10.6 Å². The lowest BCUT2D eigenvalue weighted by atomic mass is 10.1. The van der Waals surface area contributed by atoms with Gasteiger partial charge in [0.25, 0.3) is 0 Å². The van der Waals surface area contributed by atoms with Crippen molar-refractivity contribution in [3.05, 3.63) is 35.9 Å². The summed E-state index contributed by atoms with van der Waals surface area (Å²) in [5, 5.41) is 5.29. The van der Waals surface area contributed by atoms with Gasteiger partial charge in [0.05, 0.1) is 6.10 Å². The minimum atomic E-state index is -0.684. The fourth-order valence-electron chi connectivity index (χ4n) is 2.16. The van der Waals surface area contributed by atoms with E-state index in [9.17, 15) is 9.59 Å². The van der Waals surface area contributed by atoms with Gasteiger partial charge in [-0.05, 0) is 37.3 Å². The number of benzene rings is 1. The van der Waals surface area contributed by atoms with Gasteiger partial charge in [0.2, 0.25) is 5.91 Å². The van der Waals surface area contributed by atoms with Crippen LogP contribution in [-0.4, -0.2) is 43.1 Å². The van der Waals surface area contributed by atoms with Crippen molar-refractivity contribution in [1.29, 1.82) is 0 Å². The lowest BCUT2D eigenvalue weighted by Gasteiger charge is -2.17. The van der Waals surface area contributed by atoms with E-state index in [1.165, 1.54) is 0 Å². The van der Waals surface area contributed by atoms with Crippen LogP contribution in [0.25, 0.3) is 0 Å². The molecule has 0 aliphatic carbocycles. The number of nitrogens with one attached hydrogen (secondary N) is 2. The quantitative estimate of drug-likeness (QED) is 0.531. The lowest BCUT2D eigenvalue weighted by molar-refractivity contribution is -0.123. The largest absolute Gasteiger partial charge is 0.374 e. The number of carbonyl (C=O) groups excluding carboxylic acids is 2. The standard InChI is InChI=1S/C17H27N3O3S/c1-13(14-7-4-3-5-8-14)23-11-6-10-19-16(21)15(9-12-24-2)20-17(18)22/h3-5,7-8,13,15H,6,9-12H2,1-2H3,(H,19,21)(H3,18,20,22)/t13-,15+/m1/s1. The minimum absolute atomic E-state index is 0.0211. The first-order chi connectivity index (χ1) is 11.5. The molecule has 0 unspecified atom stereocenters. The Bertz CT molecular complexity index is 499. The zero-order chi connectivity index (χ0) is 17.8. The van der Waals surface area contributed by atoms with E-state index in [-0.39, 0.29) is 12.0 Å². The Labute approximate surface area is 147 Å². The van der Waals surface area contributed by atoms with Crippen LogP contribution < -0.4 is 16.4 Å². The molecule has 0 radical (unpaired) electrons. The number of urea groups is 1. The summed E-state index contributed by atoms with van der Waals surface area (Å²) in [6, 6.07) is 8.72. The number of hydrogen-bond acceptors (Lipinski definition) is 4. The Morgan fingerprint density at radius 2 is 2.00 bits per heavy atom. The first-order valence-electron chi connectivity index (χ1n) is 8.03. The molecular weight excluding hydrogens is 326 g/mol. The molecule has 0 saturated carbocycles. The van der Waals surface area contributed by atoms with Gasteiger partial charge in [0.15, 0.2) is 0 Å². The van der Waals surface area contributed by atoms with Crippen molar-refractivity contribution >= 4 is 23.7 Å². The van der Waals surface area contributed by atoms with Crippen LogP contribution in [0.3, 0.4) is 0 Å². The first-order valence-corrected chi connectivity index (χ1v) is 9.43. The van der Waals surface area contributed by atoms with Crippen LogP contribution in [0.4, 0.5) is 4.79 Å². The van der Waals surface area contributed by atoms with E-state index in [1.54, 1.807) is 11.8 Å². The van der Waals surface area contributed by atoms with Crippen LogP contribution in [0.2, 0.25) is 0 Å². The third-order valence-corrected chi connectivity index (χ3v) is 4.14. The average Bonchev–Trinajstić information content (AvgIpc) is 2.58. The number of amides is 3. The van der Waals surface area contributed by atoms with Crippen LogP contribution in [0.1, 0.15) is 31.4 Å². The van der Waals surface area contributed by atoms with Crippen molar-refractivity contribution in [2.45, 2.75) is 31.9 Å². The van der Waals surface area contributed by atoms with E-state index in [0.717, 1.165) is 11.3 Å². The van der Waals surface area contributed by atoms with Crippen LogP contribution in [0, 0.1) is 0 Å². The molecule has 0 heterocycles. The number of rotatable bonds is 11. The summed E-state index contributed by atoms with van der Waals surface area (Å²) in [5.74, 6) is 0.565. The molecule has 0 aliphatic heterocycles. The molecule has 0 saturated heterocycles. The van der Waals surface area contributed by atoms with Gasteiger partial charge in [0, 0.05) is 13.2 Å². The maximum atomic E-state index is 12.1. The van der Waals surface area contributed by atoms with Gasteiger partial charge < -0.3 is 21.1 Å². The molecule has 134 valence electrons. The maximum absolute atomic E-state index is 12.1. The number of nitrogens with two attached hydrogens (primary N) is 1. The summed E-state index contributed by atoms with van der Waals surface area (Å²) in [4.78, 5) is 23.0. The van der Waals surface area contributed by atoms with Crippen LogP contribution in [0.5, 0.6) is 0 Å². The topological polar surface area (TPSA) is 93.5 Å². The second-order valence-corrected chi connectivity index (χ2v) is 6.40. The number of thioether (sulfide) groups is 1. The summed E-state index contributed by atoms with van der Waals surface area (Å²) in [6.45, 7) is 3.05. The molecule has 0 fully saturated rings. The summed E-state index contributed by atoms with van der Waals surface area (Å²) < 4.78 is 5.76. The molecular formula is C17H27N3O3S. The monoisotopic (exact) mass is 353 g/mol. The second kappa shape index (κ2) is 11.8. The molecule has 3 amide bonds. The smallest absolute Gasteiger partial charge is 0.312 e. The molecule has 1 rings (SSSR count). The molecule has 7 heteroatoms. The minimum Gasteiger partial charge on any atom is -0.374 e. The highest BCUT2D eigenvalue weighted by Crippen LogP contribution is 2.15. The van der Waals surface area contributed by atoms with Gasteiger partial charge in [-0.2, -0.15) is 11.8 Å². The highest BCUT2D eigenvalue weighted by atomic mass is 32.2. The van der Waals surface area contributed by atoms with Crippen molar-refractivity contribution in [3.8, 4) is 0 Å². The van der Waals surface area contributed by atoms with Crippen molar-refractivity contribution in [2.75, 3.05) is 25.2 Å². The Kier molecular flexibility index (Phi) is 9.95. The third kappa shape index (κ3) is 8.21. The summed E-state index contributed by atoms with van der Waals surface area (Å²) in [7, 11) is 0. The fraction of sp³-hybridized carbons (Fsp3) is 0.529. The zero-order valence-corrected chi connectivity index (χ0v) is 15.1. The number of ether oxygens (including phenoxy) is 1. The van der Waals surface area contributed by atoms with Gasteiger partial charge in [-0.15, -0.1) is 0 Å². The molecule has 0 spiro atoms. The molecule has 2 atom stereocenters. The Hall–Kier alpha value is -1.73. The van der Waals surface area contributed by atoms with Gasteiger partial charge in [-0.1, -0.05) is 30.3 Å². The lowest BCUT2D eigenvalue weighted by Crippen LogP contribution is -2.49. The van der Waals surface area contributed by atoms with Gasteiger partial charge in [-0.3, -0.25) is 4.79 Å². The molecule has 4 N–H and O–H groups in total. The highest BCUT2D eigenvalue weighted by molar-refractivity contribution is 7.98. The summed E-state index contributed by atoms with van der Waals surface area (Å²) in [6.07, 6.45) is 3.23. The van der Waals surface area contributed by atoms with Gasteiger partial charge in [-0.25, -0.2) is 4.79 Å². The molecule has 0 aromatic heterocycles. The van der Waals surface area contributed by atoms with Crippen molar-refractivity contribution < 1.29 is 14.3 Å². The Balaban J connectivity index is 2.24. The molecule has 0 aliphatic rings. The Morgan fingerprint density at radius 3 is 2.62 bits per heavy atom. The van der Waals surface area contributed by atoms with E-state index in [0.29, 0.717) is 26.0 Å². The van der Waals surface area contributed by atoms with Crippen LogP contribution >= 0.6 is 11.8 Å². The fourth-order valence-corrected chi connectivity index (χ4v) is 2.63. The van der Waals surface area contributed by atoms with E-state index < -0.39 is 12.1 Å². The van der Waals surface area contributed by atoms with E-state index >= 15 is 0 Å². The van der Waals surface area contributed by atoms with Gasteiger partial charge in [0.1, 0.15) is 6.04 Å². The SMILES string of the molecule is CSCC[C@H](NC(N)=O)C(=O)NCCCO[C@H](C)c1ccccc1. The third-order valence-electron chi connectivity index (χ3n) is 3.50. The normalized spacial score (nSPS) is 13.1. The molecule has 24 heavy (non-hydrogen) atoms. The van der Waals surface area contributed by atoms with Crippen LogP contribution in [0.15, 0.2) is 30.3 Å². The average molecular weight is 353 g/mol. The predicted molar refractivity (Wildman–Crippen MR) is 97.9 cm³/mol. The molecule has 1 aromatic rings. The molecule has 6 nitrogen and oxygen atoms in total. The number of carbonyl (C=O) groups is 2. The molecule has 1 aromatic carbocycles. The number of primary amides is 1. The Morgan fingerprint density at radius 1 is 1.29 bits per heavy atom. The number of hydrogen-bond donors (Lipinski definition) is 3. The predicted octanol–water partition coefficient (Wildman–Crippen LogP) is 2.06. The first kappa shape index (κ1) is 20.3. The molecule has 0 bridgehead atoms. The maximum Gasteiger partial charge on any atom is 0.312 e. The van der Waals surface area contributed by atoms with Crippen LogP contribution in [-0.2, 0) is 9.53 Å². The second-order valence-electron chi connectivity index (χ2n) is 5.41. The zero-order valence-electron chi connectivity index (χ0n) is 14.3. The summed E-state index contributed by atoms with van der Waals surface area (Å²) >= 11 is 1.62. The van der Waals surface area contributed by atoms with E-state index in [4.69, 9.17) is 10.5 Å². The summed E-state index contributed by atoms with van der Waals surface area (Å²) in [5.41, 5.74) is 6.24. The van der Waals surface area contributed by atoms with Crippen molar-refractivity contribution in [1.82, 2.24) is 10.6 Å². The van der Waals surface area contributed by atoms with Gasteiger partial charge >= 0.3 is 6.03 Å². The van der Waals surface area contributed by atoms with E-state index in [1.807, 2.05) is 43.5 Å². The van der Waals surface area contributed by atoms with Crippen molar-refractivity contribution in [3.63, 3.8) is 0 Å².